The normalized spacial score (nSPS) is 11.9. The molecule has 0 aliphatic rings. The van der Waals surface area contributed by atoms with Gasteiger partial charge in [0, 0.05) is 17.7 Å². The fraction of sp³-hybridized carbons (Fsp3) is 0.276. The number of hydrogen-bond donors (Lipinski definition) is 4. The molecule has 0 fully saturated rings. The number of carbonyl (C=O) groups excluding carboxylic acids is 2. The molecule has 0 aliphatic carbocycles. The maximum absolute atomic E-state index is 12.9. The summed E-state index contributed by atoms with van der Waals surface area (Å²) in [6, 6.07) is 7.14. The fourth-order valence-electron chi connectivity index (χ4n) is 3.99. The fourth-order valence-corrected chi connectivity index (χ4v) is 3.99. The molecule has 1 amide bonds. The highest BCUT2D eigenvalue weighted by Gasteiger charge is 2.27. The second-order valence-corrected chi connectivity index (χ2v) is 9.76. The van der Waals surface area contributed by atoms with Gasteiger partial charge in [0.2, 0.25) is 5.75 Å². The van der Waals surface area contributed by atoms with Crippen LogP contribution in [0.3, 0.4) is 0 Å². The number of nitrogens with one attached hydrogen (secondary N) is 1. The third-order valence-corrected chi connectivity index (χ3v) is 6.42. The van der Waals surface area contributed by atoms with Gasteiger partial charge in [-0.2, -0.15) is 0 Å². The zero-order valence-corrected chi connectivity index (χ0v) is 23.0. The first kappa shape index (κ1) is 28.9. The molecule has 2 heterocycles. The van der Waals surface area contributed by atoms with Crippen LogP contribution in [0.25, 0.3) is 22.3 Å². The second-order valence-electron chi connectivity index (χ2n) is 9.76. The maximum Gasteiger partial charge on any atom is 0.408 e. The van der Waals surface area contributed by atoms with Crippen molar-refractivity contribution in [2.45, 2.75) is 47.3 Å². The van der Waals surface area contributed by atoms with Gasteiger partial charge in [-0.1, -0.05) is 13.8 Å². The van der Waals surface area contributed by atoms with Gasteiger partial charge in [-0.25, -0.2) is 9.59 Å². The van der Waals surface area contributed by atoms with Crippen molar-refractivity contribution in [3.05, 3.63) is 69.4 Å². The van der Waals surface area contributed by atoms with Crippen molar-refractivity contribution in [1.29, 1.82) is 0 Å². The van der Waals surface area contributed by atoms with Crippen LogP contribution in [0.1, 0.15) is 36.6 Å². The van der Waals surface area contributed by atoms with Gasteiger partial charge in [-0.15, -0.1) is 0 Å². The van der Waals surface area contributed by atoms with Gasteiger partial charge in [0.15, 0.2) is 16.9 Å². The van der Waals surface area contributed by atoms with Crippen LogP contribution < -0.4 is 15.5 Å². The van der Waals surface area contributed by atoms with Crippen molar-refractivity contribution in [2.24, 2.45) is 5.92 Å². The number of benzene rings is 2. The first-order valence-corrected chi connectivity index (χ1v) is 12.6. The van der Waals surface area contributed by atoms with E-state index >= 15 is 0 Å². The largest absolute Gasteiger partial charge is 0.504 e. The zero-order valence-electron chi connectivity index (χ0n) is 23.0. The molecule has 4 N–H and O–H groups in total. The molecule has 0 radical (unpaired) electrons. The number of phenols is 3. The van der Waals surface area contributed by atoms with Crippen LogP contribution in [0.4, 0.5) is 4.79 Å². The van der Waals surface area contributed by atoms with Gasteiger partial charge in [0.05, 0.1) is 22.8 Å². The number of carbonyl (C=O) groups is 2. The molecule has 0 saturated heterocycles. The van der Waals surface area contributed by atoms with Gasteiger partial charge in [-0.05, 0) is 51.0 Å². The van der Waals surface area contributed by atoms with Gasteiger partial charge in [-0.3, -0.25) is 14.8 Å². The Hall–Kier alpha value is -5.13. The highest BCUT2D eigenvalue weighted by atomic mass is 16.6. The van der Waals surface area contributed by atoms with Gasteiger partial charge in [0.25, 0.3) is 0 Å². The molecule has 2 aromatic heterocycles. The quantitative estimate of drug-likeness (QED) is 0.144. The van der Waals surface area contributed by atoms with Crippen LogP contribution >= 0.6 is 0 Å². The maximum atomic E-state index is 12.9. The number of aromatic nitrogens is 2. The molecule has 2 aromatic carbocycles. The lowest BCUT2D eigenvalue weighted by Gasteiger charge is -2.20. The summed E-state index contributed by atoms with van der Waals surface area (Å²) in [5, 5.41) is 31.7. The molecule has 12 nitrogen and oxygen atoms in total. The molecule has 41 heavy (non-hydrogen) atoms. The van der Waals surface area contributed by atoms with Crippen LogP contribution in [0.15, 0.2) is 45.6 Å². The summed E-state index contributed by atoms with van der Waals surface area (Å²) in [6.45, 7) is 8.79. The Morgan fingerprint density at radius 1 is 0.951 bits per heavy atom. The van der Waals surface area contributed by atoms with Crippen LogP contribution in [0.5, 0.6) is 23.0 Å². The standard InChI is InChI=1S/C29H29N3O9/c1-13(2)25(32-29(38)39-12-19-16(5)30-14(3)15(4)31-19)28(37)40-18-8-6-17(7-9-18)22-10-20(33)24-23(41-22)11-21(34)26(35)27(24)36/h6-11,13,25,34-36H,12H2,1-5H3,(H,32,38)/t25-/m1/s1. The SMILES string of the molecule is Cc1nc(C)c(COC(=O)N[C@@H](C(=O)Oc2ccc(-c3cc(=O)c4c(O)c(O)c(O)cc4o3)cc2)C(C)C)nc1C. The lowest BCUT2D eigenvalue weighted by atomic mass is 10.1. The van der Waals surface area contributed by atoms with E-state index < -0.39 is 40.8 Å². The summed E-state index contributed by atoms with van der Waals surface area (Å²) in [5.74, 6) is -3.01. The highest BCUT2D eigenvalue weighted by molar-refractivity contribution is 5.89. The molecular formula is C29H29N3O9. The van der Waals surface area contributed by atoms with Crippen LogP contribution in [0.2, 0.25) is 0 Å². The third kappa shape index (κ3) is 6.21. The van der Waals surface area contributed by atoms with E-state index in [1.807, 2.05) is 13.8 Å². The Morgan fingerprint density at radius 2 is 1.61 bits per heavy atom. The Labute approximate surface area is 234 Å². The van der Waals surface area contributed by atoms with Crippen molar-refractivity contribution in [1.82, 2.24) is 15.3 Å². The number of esters is 1. The van der Waals surface area contributed by atoms with E-state index in [2.05, 4.69) is 15.3 Å². The Kier molecular flexibility index (Phi) is 8.13. The van der Waals surface area contributed by atoms with Crippen LogP contribution in [-0.2, 0) is 16.1 Å². The molecule has 214 valence electrons. The minimum absolute atomic E-state index is 0.109. The smallest absolute Gasteiger partial charge is 0.408 e. The zero-order chi connectivity index (χ0) is 30.0. The number of nitrogens with zero attached hydrogens (tertiary/aromatic N) is 2. The number of fused-ring (bicyclic) bond motifs is 1. The summed E-state index contributed by atoms with van der Waals surface area (Å²) in [4.78, 5) is 46.7. The number of amides is 1. The second kappa shape index (κ2) is 11.5. The number of alkyl carbamates (subject to hydrolysis) is 1. The molecule has 0 bridgehead atoms. The van der Waals surface area contributed by atoms with Crippen molar-refractivity contribution in [3.63, 3.8) is 0 Å². The predicted octanol–water partition coefficient (Wildman–Crippen LogP) is 4.15. The lowest BCUT2D eigenvalue weighted by molar-refractivity contribution is -0.137. The number of hydrogen-bond acceptors (Lipinski definition) is 11. The van der Waals surface area contributed by atoms with E-state index in [1.54, 1.807) is 20.8 Å². The van der Waals surface area contributed by atoms with E-state index in [0.717, 1.165) is 23.5 Å². The molecule has 4 rings (SSSR count). The monoisotopic (exact) mass is 563 g/mol. The summed E-state index contributed by atoms with van der Waals surface area (Å²) >= 11 is 0. The van der Waals surface area contributed by atoms with Gasteiger partial charge in [0.1, 0.15) is 35.1 Å². The number of aryl methyl sites for hydroxylation is 3. The van der Waals surface area contributed by atoms with E-state index in [-0.39, 0.29) is 35.0 Å². The van der Waals surface area contributed by atoms with E-state index in [1.165, 1.54) is 24.3 Å². The van der Waals surface area contributed by atoms with E-state index in [4.69, 9.17) is 13.9 Å². The molecule has 0 saturated carbocycles. The minimum Gasteiger partial charge on any atom is -0.504 e. The lowest BCUT2D eigenvalue weighted by Crippen LogP contribution is -2.46. The minimum atomic E-state index is -1.01. The first-order chi connectivity index (χ1) is 19.3. The number of phenolic OH excluding ortho intramolecular Hbond substituents is 3. The van der Waals surface area contributed by atoms with E-state index in [9.17, 15) is 29.7 Å². The van der Waals surface area contributed by atoms with Crippen molar-refractivity contribution in [3.8, 4) is 34.3 Å². The Balaban J connectivity index is 1.44. The average Bonchev–Trinajstić information content (AvgIpc) is 2.91. The molecule has 1 atom stereocenters. The van der Waals surface area contributed by atoms with Gasteiger partial charge >= 0.3 is 12.1 Å². The Bertz CT molecular complexity index is 1700. The molecule has 0 unspecified atom stereocenters. The molecule has 0 spiro atoms. The van der Waals surface area contributed by atoms with Crippen LogP contribution in [0, 0.1) is 26.7 Å². The summed E-state index contributed by atoms with van der Waals surface area (Å²) in [5.41, 5.74) is 2.34. The topological polar surface area (TPSA) is 181 Å². The van der Waals surface area contributed by atoms with E-state index in [0.29, 0.717) is 17.0 Å². The molecular weight excluding hydrogens is 534 g/mol. The summed E-state index contributed by atoms with van der Waals surface area (Å²) < 4.78 is 16.4. The van der Waals surface area contributed by atoms with Crippen molar-refractivity contribution >= 4 is 23.0 Å². The van der Waals surface area contributed by atoms with Gasteiger partial charge < -0.3 is 34.5 Å². The molecule has 12 heteroatoms. The number of ether oxygens (including phenoxy) is 2. The summed E-state index contributed by atoms with van der Waals surface area (Å²) in [6.07, 6.45) is -0.813. The molecule has 4 aromatic rings. The highest BCUT2D eigenvalue weighted by Crippen LogP contribution is 2.40. The van der Waals surface area contributed by atoms with Crippen LogP contribution in [-0.4, -0.2) is 43.4 Å². The Morgan fingerprint density at radius 3 is 2.27 bits per heavy atom. The third-order valence-electron chi connectivity index (χ3n) is 6.42. The number of rotatable bonds is 7. The molecule has 0 aliphatic heterocycles. The van der Waals surface area contributed by atoms with Crippen molar-refractivity contribution < 1.29 is 38.8 Å². The summed E-state index contributed by atoms with van der Waals surface area (Å²) in [7, 11) is 0. The number of aromatic hydroxyl groups is 3. The van der Waals surface area contributed by atoms with Crippen molar-refractivity contribution in [2.75, 3.05) is 0 Å². The predicted molar refractivity (Wildman–Crippen MR) is 147 cm³/mol. The average molecular weight is 564 g/mol. The first-order valence-electron chi connectivity index (χ1n) is 12.6.